The van der Waals surface area contributed by atoms with E-state index in [1.807, 2.05) is 0 Å². The van der Waals surface area contributed by atoms with Crippen molar-refractivity contribution >= 4 is 11.6 Å². The summed E-state index contributed by atoms with van der Waals surface area (Å²) in [5, 5.41) is 8.72. The summed E-state index contributed by atoms with van der Waals surface area (Å²) in [7, 11) is 0. The molecule has 2 atom stereocenters. The Kier molecular flexibility index (Phi) is 2.11. The molecule has 2 nitrogen and oxygen atoms in total. The third kappa shape index (κ3) is 1.34. The minimum absolute atomic E-state index is 0.149. The zero-order valence-electron chi connectivity index (χ0n) is 4.38. The fourth-order valence-corrected chi connectivity index (χ4v) is 0.752. The lowest BCUT2D eigenvalue weighted by atomic mass is 10.2. The molecule has 1 radical (unpaired) electrons. The highest BCUT2D eigenvalue weighted by Crippen LogP contribution is 2.15. The number of aliphatic hydroxyl groups excluding tert-OH is 1. The van der Waals surface area contributed by atoms with E-state index in [1.54, 1.807) is 0 Å². The average Bonchev–Trinajstić information content (AvgIpc) is 1.77. The van der Waals surface area contributed by atoms with Crippen LogP contribution in [0.15, 0.2) is 0 Å². The van der Waals surface area contributed by atoms with Crippen LogP contribution in [0.1, 0.15) is 6.42 Å². The van der Waals surface area contributed by atoms with Gasteiger partial charge in [0, 0.05) is 6.61 Å². The third-order valence-electron chi connectivity index (χ3n) is 1.12. The topological polar surface area (TPSA) is 29.5 Å². The maximum atomic E-state index is 8.87. The van der Waals surface area contributed by atoms with Crippen LogP contribution in [0.2, 0.25) is 0 Å². The fourth-order valence-electron chi connectivity index (χ4n) is 0.603. The van der Waals surface area contributed by atoms with Gasteiger partial charge in [-0.3, -0.25) is 0 Å². The van der Waals surface area contributed by atoms with Gasteiger partial charge >= 0.3 is 0 Å². The Labute approximate surface area is 53.4 Å². The quantitative estimate of drug-likeness (QED) is 0.492. The van der Waals surface area contributed by atoms with Crippen molar-refractivity contribution in [3.63, 3.8) is 0 Å². The first kappa shape index (κ1) is 6.33. The minimum atomic E-state index is -0.578. The Morgan fingerprint density at radius 1 is 1.75 bits per heavy atom. The molecule has 1 rings (SSSR count). The first-order valence-electron chi connectivity index (χ1n) is 2.58. The van der Waals surface area contributed by atoms with Crippen molar-refractivity contribution in [3.8, 4) is 0 Å². The van der Waals surface area contributed by atoms with Crippen LogP contribution < -0.4 is 0 Å². The molecule has 1 fully saturated rings. The number of alkyl halides is 1. The summed E-state index contributed by atoms with van der Waals surface area (Å²) in [6.07, 6.45) is 0.157. The Morgan fingerprint density at radius 2 is 2.50 bits per heavy atom. The lowest BCUT2D eigenvalue weighted by molar-refractivity contribution is 0.0491. The predicted molar refractivity (Wildman–Crippen MR) is 30.5 cm³/mol. The maximum Gasteiger partial charge on any atom is 0.113 e. The van der Waals surface area contributed by atoms with Gasteiger partial charge in [-0.1, -0.05) is 0 Å². The predicted octanol–water partition coefficient (Wildman–Crippen LogP) is 0.537. The largest absolute Gasteiger partial charge is 0.389 e. The van der Waals surface area contributed by atoms with Crippen LogP contribution in [0.5, 0.6) is 0 Å². The van der Waals surface area contributed by atoms with Gasteiger partial charge in [-0.15, -0.1) is 11.6 Å². The number of ether oxygens (including phenoxy) is 1. The van der Waals surface area contributed by atoms with E-state index in [-0.39, 0.29) is 5.38 Å². The Morgan fingerprint density at radius 3 is 2.88 bits per heavy atom. The summed E-state index contributed by atoms with van der Waals surface area (Å²) >= 11 is 5.61. The second-order valence-electron chi connectivity index (χ2n) is 1.80. The minimum Gasteiger partial charge on any atom is -0.389 e. The molecular weight excluding hydrogens is 128 g/mol. The van der Waals surface area contributed by atoms with E-state index >= 15 is 0 Å². The van der Waals surface area contributed by atoms with Gasteiger partial charge in [0.2, 0.25) is 0 Å². The molecule has 0 aliphatic carbocycles. The third-order valence-corrected chi connectivity index (χ3v) is 1.59. The summed E-state index contributed by atoms with van der Waals surface area (Å²) in [5.41, 5.74) is 0. The van der Waals surface area contributed by atoms with Crippen molar-refractivity contribution in [3.05, 3.63) is 6.61 Å². The molecule has 2 unspecified atom stereocenters. The van der Waals surface area contributed by atoms with Crippen LogP contribution in [0.3, 0.4) is 0 Å². The van der Waals surface area contributed by atoms with Crippen molar-refractivity contribution < 1.29 is 9.84 Å². The van der Waals surface area contributed by atoms with Crippen molar-refractivity contribution in [2.75, 3.05) is 6.61 Å². The van der Waals surface area contributed by atoms with E-state index in [4.69, 9.17) is 21.4 Å². The van der Waals surface area contributed by atoms with Crippen LogP contribution in [0.4, 0.5) is 0 Å². The van der Waals surface area contributed by atoms with Gasteiger partial charge in [-0.05, 0) is 6.42 Å². The Balaban J connectivity index is 2.28. The van der Waals surface area contributed by atoms with Crippen LogP contribution in [0, 0.1) is 6.61 Å². The standard InChI is InChI=1S/C5H8ClO2/c6-4-1-2-8-3-5(4)7/h3-5,7H,1-2H2. The molecule has 0 spiro atoms. The molecule has 1 saturated heterocycles. The summed E-state index contributed by atoms with van der Waals surface area (Å²) in [5.74, 6) is 0. The zero-order valence-corrected chi connectivity index (χ0v) is 5.14. The molecule has 0 aromatic rings. The zero-order chi connectivity index (χ0) is 5.98. The lowest BCUT2D eigenvalue weighted by Gasteiger charge is -2.21. The number of aliphatic hydroxyl groups is 1. The molecule has 0 aromatic heterocycles. The highest BCUT2D eigenvalue weighted by Gasteiger charge is 2.20. The van der Waals surface area contributed by atoms with Crippen LogP contribution in [-0.4, -0.2) is 23.2 Å². The van der Waals surface area contributed by atoms with Crippen LogP contribution >= 0.6 is 11.6 Å². The maximum absolute atomic E-state index is 8.87. The average molecular weight is 136 g/mol. The smallest absolute Gasteiger partial charge is 0.113 e. The highest BCUT2D eigenvalue weighted by atomic mass is 35.5. The van der Waals surface area contributed by atoms with Gasteiger partial charge in [-0.25, -0.2) is 0 Å². The molecule has 1 aliphatic heterocycles. The molecule has 47 valence electrons. The lowest BCUT2D eigenvalue weighted by Crippen LogP contribution is -2.28. The van der Waals surface area contributed by atoms with Gasteiger partial charge in [0.05, 0.1) is 11.5 Å². The monoisotopic (exact) mass is 135 g/mol. The first-order chi connectivity index (χ1) is 3.80. The molecule has 1 heterocycles. The van der Waals surface area contributed by atoms with Crippen molar-refractivity contribution in [1.29, 1.82) is 0 Å². The molecule has 0 amide bonds. The number of rotatable bonds is 0. The number of hydrogen-bond acceptors (Lipinski definition) is 2. The van der Waals surface area contributed by atoms with Gasteiger partial charge in [0.25, 0.3) is 0 Å². The number of halogens is 1. The summed E-state index contributed by atoms with van der Waals surface area (Å²) < 4.78 is 4.79. The van der Waals surface area contributed by atoms with Gasteiger partial charge in [-0.2, -0.15) is 0 Å². The normalized spacial score (nSPS) is 39.8. The molecule has 1 N–H and O–H groups in total. The molecule has 8 heavy (non-hydrogen) atoms. The van der Waals surface area contributed by atoms with E-state index in [1.165, 1.54) is 6.61 Å². The van der Waals surface area contributed by atoms with E-state index in [0.717, 1.165) is 6.42 Å². The summed E-state index contributed by atoms with van der Waals surface area (Å²) in [4.78, 5) is 0. The van der Waals surface area contributed by atoms with Gasteiger partial charge < -0.3 is 9.84 Å². The fraction of sp³-hybridized carbons (Fsp3) is 0.800. The molecule has 3 heteroatoms. The van der Waals surface area contributed by atoms with Crippen molar-refractivity contribution in [1.82, 2.24) is 0 Å². The highest BCUT2D eigenvalue weighted by molar-refractivity contribution is 6.21. The van der Waals surface area contributed by atoms with Crippen LogP contribution in [0.25, 0.3) is 0 Å². The van der Waals surface area contributed by atoms with Gasteiger partial charge in [0.15, 0.2) is 0 Å². The number of hydrogen-bond donors (Lipinski definition) is 1. The van der Waals surface area contributed by atoms with E-state index < -0.39 is 6.10 Å². The Bertz CT molecular complexity index is 66.8. The summed E-state index contributed by atoms with van der Waals surface area (Å²) in [6.45, 7) is 2.01. The second-order valence-corrected chi connectivity index (χ2v) is 2.36. The van der Waals surface area contributed by atoms with E-state index in [2.05, 4.69) is 0 Å². The first-order valence-corrected chi connectivity index (χ1v) is 3.01. The molecule has 0 bridgehead atoms. The molecule has 0 aromatic carbocycles. The molecule has 1 aliphatic rings. The van der Waals surface area contributed by atoms with Crippen LogP contribution in [-0.2, 0) is 4.74 Å². The SMILES string of the molecule is OC1[CH]OCCC1Cl. The molecular formula is C5H8ClO2. The Hall–Kier alpha value is 0.210. The molecule has 0 saturated carbocycles. The van der Waals surface area contributed by atoms with E-state index in [0.29, 0.717) is 6.61 Å². The van der Waals surface area contributed by atoms with Crippen molar-refractivity contribution in [2.45, 2.75) is 17.9 Å². The van der Waals surface area contributed by atoms with Gasteiger partial charge in [0.1, 0.15) is 6.61 Å². The second kappa shape index (κ2) is 2.67. The van der Waals surface area contributed by atoms with Crippen molar-refractivity contribution in [2.24, 2.45) is 0 Å². The summed E-state index contributed by atoms with van der Waals surface area (Å²) in [6, 6.07) is 0. The van der Waals surface area contributed by atoms with E-state index in [9.17, 15) is 0 Å².